The fourth-order valence-corrected chi connectivity index (χ4v) is 2.67. The van der Waals surface area contributed by atoms with Gasteiger partial charge in [-0.25, -0.2) is 0 Å². The minimum Gasteiger partial charge on any atom is -0.469 e. The Bertz CT molecular complexity index is 450. The van der Waals surface area contributed by atoms with E-state index in [1.807, 2.05) is 13.8 Å². The first-order valence-corrected chi connectivity index (χ1v) is 7.51. The zero-order valence-corrected chi connectivity index (χ0v) is 13.9. The molecule has 0 spiro atoms. The van der Waals surface area contributed by atoms with Crippen molar-refractivity contribution < 1.29 is 33.4 Å². The van der Waals surface area contributed by atoms with Crippen molar-refractivity contribution in [3.63, 3.8) is 0 Å². The maximum Gasteiger partial charge on any atom is 0.311 e. The zero-order valence-electron chi connectivity index (χ0n) is 13.9. The lowest BCUT2D eigenvalue weighted by molar-refractivity contribution is -0.180. The number of amides is 1. The molecule has 0 heterocycles. The van der Waals surface area contributed by atoms with E-state index in [0.29, 0.717) is 13.1 Å². The third-order valence-corrected chi connectivity index (χ3v) is 4.11. The number of carbonyl (C=O) groups excluding carboxylic acids is 4. The summed E-state index contributed by atoms with van der Waals surface area (Å²) >= 11 is 0. The second kappa shape index (κ2) is 8.50. The van der Waals surface area contributed by atoms with Crippen molar-refractivity contribution in [1.82, 2.24) is 4.90 Å². The third-order valence-electron chi connectivity index (χ3n) is 4.11. The van der Waals surface area contributed by atoms with E-state index in [0.717, 1.165) is 0 Å². The number of ether oxygens (including phenoxy) is 3. The van der Waals surface area contributed by atoms with E-state index in [9.17, 15) is 19.2 Å². The summed E-state index contributed by atoms with van der Waals surface area (Å²) in [5.41, 5.74) is 0. The van der Waals surface area contributed by atoms with Crippen LogP contribution in [0.3, 0.4) is 0 Å². The minimum absolute atomic E-state index is 0.170. The van der Waals surface area contributed by atoms with E-state index in [2.05, 4.69) is 9.47 Å². The molecule has 0 bridgehead atoms. The number of carbonyl (C=O) groups is 4. The molecule has 0 N–H and O–H groups in total. The van der Waals surface area contributed by atoms with Crippen molar-refractivity contribution in [3.05, 3.63) is 0 Å². The third kappa shape index (κ3) is 4.20. The van der Waals surface area contributed by atoms with Crippen molar-refractivity contribution >= 4 is 23.8 Å². The van der Waals surface area contributed by atoms with Crippen molar-refractivity contribution in [2.45, 2.75) is 20.3 Å². The SMILES string of the molecule is CCN(CC)C(=O)COC(=O)C1C(C(=O)OC)CC1C(=O)OC. The molecule has 23 heavy (non-hydrogen) atoms. The molecule has 0 radical (unpaired) electrons. The summed E-state index contributed by atoms with van der Waals surface area (Å²) in [5, 5.41) is 0. The van der Waals surface area contributed by atoms with E-state index in [4.69, 9.17) is 4.74 Å². The molecule has 2 unspecified atom stereocenters. The Balaban J connectivity index is 2.70. The molecule has 0 aromatic carbocycles. The maximum atomic E-state index is 12.2. The number of hydrogen-bond donors (Lipinski definition) is 0. The molecule has 0 saturated heterocycles. The Morgan fingerprint density at radius 1 is 0.913 bits per heavy atom. The van der Waals surface area contributed by atoms with Crippen molar-refractivity contribution in [3.8, 4) is 0 Å². The fraction of sp³-hybridized carbons (Fsp3) is 0.733. The van der Waals surface area contributed by atoms with Crippen molar-refractivity contribution in [1.29, 1.82) is 0 Å². The van der Waals surface area contributed by atoms with Gasteiger partial charge in [0.15, 0.2) is 6.61 Å². The standard InChI is InChI=1S/C15H23NO7/c1-5-16(6-2)11(17)8-23-15(20)12-9(13(18)21-3)7-10(12)14(19)22-4/h9-10,12H,5-8H2,1-4H3. The Morgan fingerprint density at radius 3 is 1.78 bits per heavy atom. The molecule has 1 aliphatic carbocycles. The summed E-state index contributed by atoms with van der Waals surface area (Å²) in [4.78, 5) is 48.8. The molecule has 8 heteroatoms. The van der Waals surface area contributed by atoms with E-state index in [-0.39, 0.29) is 12.3 Å². The Kier molecular flexibility index (Phi) is 6.99. The molecule has 1 amide bonds. The predicted molar refractivity (Wildman–Crippen MR) is 78.0 cm³/mol. The molecule has 1 fully saturated rings. The summed E-state index contributed by atoms with van der Waals surface area (Å²) in [6.45, 7) is 4.22. The monoisotopic (exact) mass is 329 g/mol. The van der Waals surface area contributed by atoms with Crippen LogP contribution in [0.5, 0.6) is 0 Å². The van der Waals surface area contributed by atoms with Gasteiger partial charge >= 0.3 is 17.9 Å². The van der Waals surface area contributed by atoms with Crippen LogP contribution in [0.25, 0.3) is 0 Å². The number of methoxy groups -OCH3 is 2. The van der Waals surface area contributed by atoms with Gasteiger partial charge in [-0.15, -0.1) is 0 Å². The number of hydrogen-bond acceptors (Lipinski definition) is 7. The summed E-state index contributed by atoms with van der Waals surface area (Å²) < 4.78 is 14.2. The number of likely N-dealkylation sites (N-methyl/N-ethyl adjacent to an activating group) is 1. The van der Waals surface area contributed by atoms with Crippen molar-refractivity contribution in [2.75, 3.05) is 33.9 Å². The van der Waals surface area contributed by atoms with Crippen LogP contribution in [-0.2, 0) is 33.4 Å². The molecule has 8 nitrogen and oxygen atoms in total. The highest BCUT2D eigenvalue weighted by Crippen LogP contribution is 2.42. The molecule has 1 aliphatic rings. The van der Waals surface area contributed by atoms with Crippen LogP contribution < -0.4 is 0 Å². The normalized spacial score (nSPS) is 22.5. The van der Waals surface area contributed by atoms with Gasteiger partial charge in [-0.1, -0.05) is 0 Å². The second-order valence-corrected chi connectivity index (χ2v) is 5.19. The van der Waals surface area contributed by atoms with Crippen molar-refractivity contribution in [2.24, 2.45) is 17.8 Å². The average molecular weight is 329 g/mol. The van der Waals surface area contributed by atoms with Gasteiger partial charge in [-0.2, -0.15) is 0 Å². The number of nitrogens with zero attached hydrogens (tertiary/aromatic N) is 1. The van der Waals surface area contributed by atoms with Gasteiger partial charge in [0.25, 0.3) is 5.91 Å². The second-order valence-electron chi connectivity index (χ2n) is 5.19. The van der Waals surface area contributed by atoms with Crippen LogP contribution in [0.4, 0.5) is 0 Å². The zero-order chi connectivity index (χ0) is 17.6. The van der Waals surface area contributed by atoms with Crippen LogP contribution >= 0.6 is 0 Å². The van der Waals surface area contributed by atoms with Gasteiger partial charge in [0.1, 0.15) is 0 Å². The molecule has 130 valence electrons. The molecule has 0 aliphatic heterocycles. The topological polar surface area (TPSA) is 99.2 Å². The minimum atomic E-state index is -0.973. The van der Waals surface area contributed by atoms with Gasteiger partial charge in [-0.05, 0) is 20.3 Å². The molecular formula is C15H23NO7. The first-order chi connectivity index (χ1) is 10.9. The average Bonchev–Trinajstić information content (AvgIpc) is 2.52. The quantitative estimate of drug-likeness (QED) is 0.478. The summed E-state index contributed by atoms with van der Waals surface area (Å²) in [7, 11) is 2.42. The lowest BCUT2D eigenvalue weighted by Gasteiger charge is -2.38. The van der Waals surface area contributed by atoms with E-state index in [1.165, 1.54) is 19.1 Å². The van der Waals surface area contributed by atoms with E-state index >= 15 is 0 Å². The molecule has 1 saturated carbocycles. The maximum absolute atomic E-state index is 12.2. The highest BCUT2D eigenvalue weighted by Gasteiger charge is 2.55. The first kappa shape index (κ1) is 18.9. The van der Waals surface area contributed by atoms with Gasteiger partial charge in [0.05, 0.1) is 32.0 Å². The summed E-state index contributed by atoms with van der Waals surface area (Å²) in [6, 6.07) is 0. The van der Waals surface area contributed by atoms with E-state index in [1.54, 1.807) is 0 Å². The van der Waals surface area contributed by atoms with Crippen LogP contribution in [0.2, 0.25) is 0 Å². The molecular weight excluding hydrogens is 306 g/mol. The smallest absolute Gasteiger partial charge is 0.311 e. The highest BCUT2D eigenvalue weighted by molar-refractivity contribution is 5.91. The number of rotatable bonds is 7. The Hall–Kier alpha value is -2.12. The molecule has 0 aromatic rings. The lowest BCUT2D eigenvalue weighted by atomic mass is 9.64. The Labute approximate surface area is 135 Å². The predicted octanol–water partition coefficient (Wildman–Crippen LogP) is -0.00370. The van der Waals surface area contributed by atoms with Gasteiger partial charge in [0, 0.05) is 13.1 Å². The highest BCUT2D eigenvalue weighted by atomic mass is 16.5. The van der Waals surface area contributed by atoms with Crippen LogP contribution in [-0.4, -0.2) is 62.6 Å². The van der Waals surface area contributed by atoms with Crippen LogP contribution in [0.15, 0.2) is 0 Å². The van der Waals surface area contributed by atoms with Gasteiger partial charge < -0.3 is 19.1 Å². The van der Waals surface area contributed by atoms with Crippen LogP contribution in [0.1, 0.15) is 20.3 Å². The summed E-state index contributed by atoms with van der Waals surface area (Å²) in [5.74, 6) is -4.72. The lowest BCUT2D eigenvalue weighted by Crippen LogP contribution is -2.51. The largest absolute Gasteiger partial charge is 0.469 e. The molecule has 1 rings (SSSR count). The first-order valence-electron chi connectivity index (χ1n) is 7.51. The molecule has 0 aromatic heterocycles. The Morgan fingerprint density at radius 2 is 1.39 bits per heavy atom. The van der Waals surface area contributed by atoms with Gasteiger partial charge in [-0.3, -0.25) is 19.2 Å². The van der Waals surface area contributed by atoms with E-state index < -0.39 is 42.3 Å². The number of esters is 3. The fourth-order valence-electron chi connectivity index (χ4n) is 2.67. The van der Waals surface area contributed by atoms with Gasteiger partial charge in [0.2, 0.25) is 0 Å². The van der Waals surface area contributed by atoms with Crippen LogP contribution in [0, 0.1) is 17.8 Å². The summed E-state index contributed by atoms with van der Waals surface area (Å²) in [6.07, 6.45) is 0.170. The molecule has 2 atom stereocenters.